The van der Waals surface area contributed by atoms with Gasteiger partial charge in [0.1, 0.15) is 0 Å². The number of benzene rings is 1. The Morgan fingerprint density at radius 3 is 2.62 bits per heavy atom. The molecule has 0 amide bonds. The lowest BCUT2D eigenvalue weighted by atomic mass is 10.1. The first-order valence-electron chi connectivity index (χ1n) is 5.66. The average molecular weight is 347 g/mol. The van der Waals surface area contributed by atoms with Gasteiger partial charge in [-0.25, -0.2) is 0 Å². The summed E-state index contributed by atoms with van der Waals surface area (Å²) in [6.07, 6.45) is 0. The zero-order valence-corrected chi connectivity index (χ0v) is 12.8. The van der Waals surface area contributed by atoms with Crippen molar-refractivity contribution in [3.8, 4) is 0 Å². The van der Waals surface area contributed by atoms with Crippen LogP contribution in [0, 0.1) is 3.57 Å². The zero-order chi connectivity index (χ0) is 11.6. The smallest absolute Gasteiger partial charge is 0.0234 e. The predicted molar refractivity (Wildman–Crippen MR) is 81.0 cm³/mol. The largest absolute Gasteiger partial charge is 0.297 e. The molecular weight excluding hydrogens is 329 g/mol. The summed E-state index contributed by atoms with van der Waals surface area (Å²) in [4.78, 5) is 2.57. The Hall–Kier alpha value is 0.260. The normalized spacial score (nSPS) is 20.9. The standard InChI is InChI=1S/C13H18INS/c1-13(2)10-15(7-8-16-13)9-11-3-5-12(14)6-4-11/h3-6H,7-10H2,1-2H3. The molecule has 0 aromatic heterocycles. The Labute approximate surface area is 116 Å². The fraction of sp³-hybridized carbons (Fsp3) is 0.538. The van der Waals surface area contributed by atoms with E-state index in [2.05, 4.69) is 77.4 Å². The van der Waals surface area contributed by atoms with Crippen LogP contribution >= 0.6 is 34.4 Å². The molecular formula is C13H18INS. The minimum atomic E-state index is 0.418. The monoisotopic (exact) mass is 347 g/mol. The molecule has 1 aliphatic heterocycles. The molecule has 1 aromatic carbocycles. The molecule has 2 rings (SSSR count). The molecule has 88 valence electrons. The van der Waals surface area contributed by atoms with Gasteiger partial charge in [-0.05, 0) is 54.1 Å². The Morgan fingerprint density at radius 2 is 2.00 bits per heavy atom. The highest BCUT2D eigenvalue weighted by Crippen LogP contribution is 2.30. The lowest BCUT2D eigenvalue weighted by Gasteiger charge is -2.37. The van der Waals surface area contributed by atoms with E-state index in [1.807, 2.05) is 0 Å². The molecule has 1 saturated heterocycles. The number of hydrogen-bond acceptors (Lipinski definition) is 2. The predicted octanol–water partition coefficient (Wildman–Crippen LogP) is 3.62. The van der Waals surface area contributed by atoms with Crippen LogP contribution in [0.4, 0.5) is 0 Å². The van der Waals surface area contributed by atoms with Crippen molar-refractivity contribution in [2.45, 2.75) is 25.1 Å². The maximum Gasteiger partial charge on any atom is 0.0234 e. The summed E-state index contributed by atoms with van der Waals surface area (Å²) in [5, 5.41) is 0. The van der Waals surface area contributed by atoms with Crippen LogP contribution in [0.3, 0.4) is 0 Å². The summed E-state index contributed by atoms with van der Waals surface area (Å²) >= 11 is 4.45. The van der Waals surface area contributed by atoms with Crippen molar-refractivity contribution in [1.29, 1.82) is 0 Å². The van der Waals surface area contributed by atoms with Crippen molar-refractivity contribution >= 4 is 34.4 Å². The zero-order valence-electron chi connectivity index (χ0n) is 9.87. The molecule has 1 aromatic rings. The van der Waals surface area contributed by atoms with Gasteiger partial charge in [-0.1, -0.05) is 12.1 Å². The van der Waals surface area contributed by atoms with Crippen molar-refractivity contribution in [3.05, 3.63) is 33.4 Å². The summed E-state index contributed by atoms with van der Waals surface area (Å²) in [6, 6.07) is 8.88. The van der Waals surface area contributed by atoms with Crippen LogP contribution < -0.4 is 0 Å². The van der Waals surface area contributed by atoms with Gasteiger partial charge < -0.3 is 0 Å². The molecule has 0 bridgehead atoms. The highest BCUT2D eigenvalue weighted by Gasteiger charge is 2.26. The van der Waals surface area contributed by atoms with Crippen molar-refractivity contribution in [2.75, 3.05) is 18.8 Å². The fourth-order valence-electron chi connectivity index (χ4n) is 2.10. The van der Waals surface area contributed by atoms with Gasteiger partial charge >= 0.3 is 0 Å². The summed E-state index contributed by atoms with van der Waals surface area (Å²) in [5.74, 6) is 1.26. The average Bonchev–Trinajstić information content (AvgIpc) is 2.20. The summed E-state index contributed by atoms with van der Waals surface area (Å²) in [7, 11) is 0. The van der Waals surface area contributed by atoms with Gasteiger partial charge in [-0.2, -0.15) is 11.8 Å². The molecule has 0 unspecified atom stereocenters. The molecule has 1 aliphatic rings. The summed E-state index contributed by atoms with van der Waals surface area (Å²) in [6.45, 7) is 8.21. The van der Waals surface area contributed by atoms with Crippen LogP contribution in [0.2, 0.25) is 0 Å². The molecule has 3 heteroatoms. The quantitative estimate of drug-likeness (QED) is 0.752. The first kappa shape index (κ1) is 12.7. The Morgan fingerprint density at radius 1 is 1.31 bits per heavy atom. The second-order valence-electron chi connectivity index (χ2n) is 4.95. The first-order chi connectivity index (χ1) is 7.55. The second kappa shape index (κ2) is 5.27. The summed E-state index contributed by atoms with van der Waals surface area (Å²) in [5.41, 5.74) is 1.43. The molecule has 1 nitrogen and oxygen atoms in total. The fourth-order valence-corrected chi connectivity index (χ4v) is 3.63. The highest BCUT2D eigenvalue weighted by molar-refractivity contribution is 14.1. The molecule has 0 saturated carbocycles. The number of rotatable bonds is 2. The van der Waals surface area contributed by atoms with Gasteiger partial charge in [0.2, 0.25) is 0 Å². The lowest BCUT2D eigenvalue weighted by molar-refractivity contribution is 0.252. The van der Waals surface area contributed by atoms with Gasteiger partial charge in [-0.15, -0.1) is 0 Å². The van der Waals surface area contributed by atoms with Gasteiger partial charge in [-0.3, -0.25) is 4.90 Å². The molecule has 0 atom stereocenters. The van der Waals surface area contributed by atoms with E-state index in [-0.39, 0.29) is 0 Å². The second-order valence-corrected chi connectivity index (χ2v) is 7.99. The minimum absolute atomic E-state index is 0.418. The van der Waals surface area contributed by atoms with Crippen LogP contribution in [0.1, 0.15) is 19.4 Å². The van der Waals surface area contributed by atoms with E-state index in [0.29, 0.717) is 4.75 Å². The van der Waals surface area contributed by atoms with Crippen molar-refractivity contribution in [1.82, 2.24) is 4.90 Å². The Bertz CT molecular complexity index is 347. The molecule has 1 heterocycles. The maximum absolute atomic E-state index is 2.57. The Balaban J connectivity index is 1.97. The SMILES string of the molecule is CC1(C)CN(Cc2ccc(I)cc2)CCS1. The maximum atomic E-state index is 2.57. The van der Waals surface area contributed by atoms with Crippen LogP contribution in [0.5, 0.6) is 0 Å². The van der Waals surface area contributed by atoms with Gasteiger partial charge in [0.25, 0.3) is 0 Å². The van der Waals surface area contributed by atoms with E-state index in [1.54, 1.807) is 0 Å². The molecule has 0 radical (unpaired) electrons. The molecule has 1 fully saturated rings. The molecule has 0 N–H and O–H groups in total. The number of nitrogens with zero attached hydrogens (tertiary/aromatic N) is 1. The van der Waals surface area contributed by atoms with E-state index in [9.17, 15) is 0 Å². The molecule has 0 aliphatic carbocycles. The van der Waals surface area contributed by atoms with E-state index in [1.165, 1.54) is 28.0 Å². The number of thioether (sulfide) groups is 1. The number of hydrogen-bond donors (Lipinski definition) is 0. The topological polar surface area (TPSA) is 3.24 Å². The van der Waals surface area contributed by atoms with Crippen molar-refractivity contribution < 1.29 is 0 Å². The van der Waals surface area contributed by atoms with Crippen molar-refractivity contribution in [3.63, 3.8) is 0 Å². The highest BCUT2D eigenvalue weighted by atomic mass is 127. The van der Waals surface area contributed by atoms with Gasteiger partial charge in [0.15, 0.2) is 0 Å². The third kappa shape index (κ3) is 3.64. The van der Waals surface area contributed by atoms with Gasteiger partial charge in [0.05, 0.1) is 0 Å². The van der Waals surface area contributed by atoms with Crippen LogP contribution in [0.15, 0.2) is 24.3 Å². The van der Waals surface area contributed by atoms with Crippen LogP contribution in [0.25, 0.3) is 0 Å². The number of halogens is 1. The molecule has 0 spiro atoms. The van der Waals surface area contributed by atoms with Crippen LogP contribution in [-0.4, -0.2) is 28.5 Å². The molecule has 16 heavy (non-hydrogen) atoms. The third-order valence-corrected chi connectivity index (χ3v) is 4.84. The summed E-state index contributed by atoms with van der Waals surface area (Å²) < 4.78 is 1.73. The third-order valence-electron chi connectivity index (χ3n) is 2.82. The van der Waals surface area contributed by atoms with Crippen molar-refractivity contribution in [2.24, 2.45) is 0 Å². The van der Waals surface area contributed by atoms with E-state index < -0.39 is 0 Å². The van der Waals surface area contributed by atoms with Crippen LogP contribution in [-0.2, 0) is 6.54 Å². The van der Waals surface area contributed by atoms with E-state index in [4.69, 9.17) is 0 Å². The lowest BCUT2D eigenvalue weighted by Crippen LogP contribution is -2.42. The van der Waals surface area contributed by atoms with E-state index >= 15 is 0 Å². The Kier molecular flexibility index (Phi) is 4.19. The van der Waals surface area contributed by atoms with E-state index in [0.717, 1.165) is 6.54 Å². The minimum Gasteiger partial charge on any atom is -0.297 e. The first-order valence-corrected chi connectivity index (χ1v) is 7.72. The van der Waals surface area contributed by atoms with Gasteiger partial charge in [0, 0.05) is 33.7 Å².